The van der Waals surface area contributed by atoms with Crippen molar-refractivity contribution in [2.45, 2.75) is 26.8 Å². The van der Waals surface area contributed by atoms with Crippen molar-refractivity contribution in [3.8, 4) is 0 Å². The lowest BCUT2D eigenvalue weighted by Crippen LogP contribution is -2.31. The highest BCUT2D eigenvalue weighted by molar-refractivity contribution is 6.06. The van der Waals surface area contributed by atoms with Crippen LogP contribution < -0.4 is 10.6 Å². The average molecular weight is 405 g/mol. The molecular weight excluding hydrogens is 386 g/mol. The van der Waals surface area contributed by atoms with E-state index in [4.69, 9.17) is 0 Å². The van der Waals surface area contributed by atoms with Crippen LogP contribution in [-0.4, -0.2) is 31.0 Å². The highest BCUT2D eigenvalue weighted by Gasteiger charge is 2.34. The summed E-state index contributed by atoms with van der Waals surface area (Å²) in [5.41, 5.74) is 4.39. The number of non-ortho nitro benzene ring substituents is 1. The number of aromatic nitrogens is 4. The maximum Gasteiger partial charge on any atom is 0.269 e. The molecule has 1 atom stereocenters. The quantitative estimate of drug-likeness (QED) is 0.504. The molecule has 0 unspecified atom stereocenters. The molecule has 1 amide bonds. The zero-order valence-electron chi connectivity index (χ0n) is 16.6. The summed E-state index contributed by atoms with van der Waals surface area (Å²) in [5.74, 6) is 0.0791. The molecule has 1 aliphatic rings. The van der Waals surface area contributed by atoms with E-state index >= 15 is 0 Å². The molecule has 2 aromatic carbocycles. The minimum atomic E-state index is -0.636. The SMILES string of the molecule is CC1=C(C(=O)Nc2ccc(C)cc2C)[C@H](c2ccc([N+](=O)[O-])cc2)n2nnnc2N1. The molecule has 4 rings (SSSR count). The summed E-state index contributed by atoms with van der Waals surface area (Å²) in [6.45, 7) is 5.68. The van der Waals surface area contributed by atoms with E-state index in [1.165, 1.54) is 16.8 Å². The average Bonchev–Trinajstić information content (AvgIpc) is 3.17. The normalized spacial score (nSPS) is 15.4. The Balaban J connectivity index is 1.75. The van der Waals surface area contributed by atoms with Crippen molar-refractivity contribution in [2.24, 2.45) is 0 Å². The topological polar surface area (TPSA) is 128 Å². The van der Waals surface area contributed by atoms with E-state index in [1.807, 2.05) is 32.0 Å². The Morgan fingerprint density at radius 1 is 1.17 bits per heavy atom. The number of nitrogens with one attached hydrogen (secondary N) is 2. The molecule has 10 nitrogen and oxygen atoms in total. The van der Waals surface area contributed by atoms with Crippen molar-refractivity contribution < 1.29 is 9.72 Å². The van der Waals surface area contributed by atoms with Crippen molar-refractivity contribution in [2.75, 3.05) is 10.6 Å². The van der Waals surface area contributed by atoms with Gasteiger partial charge in [0.05, 0.1) is 10.5 Å². The summed E-state index contributed by atoms with van der Waals surface area (Å²) in [6, 6.07) is 11.2. The second kappa shape index (κ2) is 7.39. The predicted molar refractivity (Wildman–Crippen MR) is 110 cm³/mol. The number of hydrogen-bond acceptors (Lipinski definition) is 7. The molecule has 10 heteroatoms. The van der Waals surface area contributed by atoms with Crippen LogP contribution in [0.25, 0.3) is 0 Å². The van der Waals surface area contributed by atoms with Gasteiger partial charge in [0.15, 0.2) is 0 Å². The molecule has 0 spiro atoms. The van der Waals surface area contributed by atoms with E-state index in [9.17, 15) is 14.9 Å². The molecule has 1 aliphatic heterocycles. The molecule has 2 heterocycles. The second-order valence-electron chi connectivity index (χ2n) is 7.13. The number of anilines is 2. The number of carbonyl (C=O) groups is 1. The van der Waals surface area contributed by atoms with Gasteiger partial charge in [-0.3, -0.25) is 14.9 Å². The van der Waals surface area contributed by atoms with Gasteiger partial charge in [-0.2, -0.15) is 4.68 Å². The molecular formula is C20H19N7O3. The van der Waals surface area contributed by atoms with E-state index < -0.39 is 11.0 Å². The highest BCUT2D eigenvalue weighted by Crippen LogP contribution is 2.35. The molecule has 1 aromatic heterocycles. The van der Waals surface area contributed by atoms with Gasteiger partial charge < -0.3 is 10.6 Å². The molecule has 0 radical (unpaired) electrons. The van der Waals surface area contributed by atoms with Gasteiger partial charge in [-0.25, -0.2) is 0 Å². The monoisotopic (exact) mass is 405 g/mol. The number of amides is 1. The summed E-state index contributed by atoms with van der Waals surface area (Å²) in [5, 5.41) is 28.7. The number of carbonyl (C=O) groups excluding carboxylic acids is 1. The number of allylic oxidation sites excluding steroid dienone is 1. The Morgan fingerprint density at radius 2 is 1.90 bits per heavy atom. The Morgan fingerprint density at radius 3 is 2.57 bits per heavy atom. The standard InChI is InChI=1S/C20H19N7O3/c1-11-4-9-16(12(2)10-11)22-19(28)17-13(3)21-20-23-24-25-26(20)18(17)14-5-7-15(8-6-14)27(29)30/h4-10,18H,1-3H3,(H,22,28)(H,21,23,25)/t18-/m0/s1. The van der Waals surface area contributed by atoms with Gasteiger partial charge in [-0.1, -0.05) is 22.8 Å². The molecule has 0 saturated heterocycles. The number of nitro benzene ring substituents is 1. The number of aryl methyl sites for hydroxylation is 2. The molecule has 0 fully saturated rings. The van der Waals surface area contributed by atoms with Crippen molar-refractivity contribution >= 4 is 23.2 Å². The number of hydrogen-bond donors (Lipinski definition) is 2. The molecule has 3 aromatic rings. The summed E-state index contributed by atoms with van der Waals surface area (Å²) in [4.78, 5) is 23.9. The van der Waals surface area contributed by atoms with Crippen LogP contribution >= 0.6 is 0 Å². The van der Waals surface area contributed by atoms with Gasteiger partial charge in [-0.05, 0) is 60.5 Å². The number of benzene rings is 2. The maximum atomic E-state index is 13.3. The van der Waals surface area contributed by atoms with Crippen molar-refractivity contribution in [1.82, 2.24) is 20.2 Å². The van der Waals surface area contributed by atoms with E-state index in [0.29, 0.717) is 28.5 Å². The third-order valence-electron chi connectivity index (χ3n) is 5.01. The number of nitro groups is 1. The fourth-order valence-electron chi connectivity index (χ4n) is 3.54. The van der Waals surface area contributed by atoms with Crippen LogP contribution in [0.3, 0.4) is 0 Å². The summed E-state index contributed by atoms with van der Waals surface area (Å²) >= 11 is 0. The molecule has 2 N–H and O–H groups in total. The minimum Gasteiger partial charge on any atom is -0.326 e. The van der Waals surface area contributed by atoms with E-state index in [1.54, 1.807) is 19.1 Å². The zero-order chi connectivity index (χ0) is 21.4. The molecule has 30 heavy (non-hydrogen) atoms. The first kappa shape index (κ1) is 19.2. The van der Waals surface area contributed by atoms with Gasteiger partial charge in [0.1, 0.15) is 6.04 Å². The number of fused-ring (bicyclic) bond motifs is 1. The summed E-state index contributed by atoms with van der Waals surface area (Å²) in [7, 11) is 0. The van der Waals surface area contributed by atoms with Crippen molar-refractivity contribution in [1.29, 1.82) is 0 Å². The van der Waals surface area contributed by atoms with Crippen LogP contribution in [0.4, 0.5) is 17.3 Å². The molecule has 0 saturated carbocycles. The van der Waals surface area contributed by atoms with E-state index in [0.717, 1.165) is 11.1 Å². The van der Waals surface area contributed by atoms with Gasteiger partial charge >= 0.3 is 0 Å². The third kappa shape index (κ3) is 3.39. The van der Waals surface area contributed by atoms with E-state index in [-0.39, 0.29) is 11.6 Å². The van der Waals surface area contributed by atoms with Crippen LogP contribution in [0.1, 0.15) is 29.7 Å². The fraction of sp³-hybridized carbons (Fsp3) is 0.200. The number of rotatable bonds is 4. The van der Waals surface area contributed by atoms with Crippen LogP contribution in [-0.2, 0) is 4.79 Å². The van der Waals surface area contributed by atoms with Gasteiger partial charge in [0, 0.05) is 23.5 Å². The van der Waals surface area contributed by atoms with E-state index in [2.05, 4.69) is 26.2 Å². The Labute approximate surface area is 171 Å². The Bertz CT molecular complexity index is 1180. The van der Waals surface area contributed by atoms with Gasteiger partial charge in [0.25, 0.3) is 11.6 Å². The van der Waals surface area contributed by atoms with Gasteiger partial charge in [-0.15, -0.1) is 0 Å². The maximum absolute atomic E-state index is 13.3. The number of tetrazole rings is 1. The molecule has 0 bridgehead atoms. The summed E-state index contributed by atoms with van der Waals surface area (Å²) < 4.78 is 1.49. The highest BCUT2D eigenvalue weighted by atomic mass is 16.6. The first-order valence-corrected chi connectivity index (χ1v) is 9.24. The van der Waals surface area contributed by atoms with Gasteiger partial charge in [0.2, 0.25) is 5.95 Å². The lowest BCUT2D eigenvalue weighted by Gasteiger charge is -2.28. The lowest BCUT2D eigenvalue weighted by molar-refractivity contribution is -0.384. The van der Waals surface area contributed by atoms with Crippen LogP contribution in [0.2, 0.25) is 0 Å². The third-order valence-corrected chi connectivity index (χ3v) is 5.01. The van der Waals surface area contributed by atoms with Crippen LogP contribution in [0.15, 0.2) is 53.7 Å². The van der Waals surface area contributed by atoms with Crippen LogP contribution in [0, 0.1) is 24.0 Å². The van der Waals surface area contributed by atoms with Crippen LogP contribution in [0.5, 0.6) is 0 Å². The second-order valence-corrected chi connectivity index (χ2v) is 7.13. The molecule has 152 valence electrons. The first-order valence-electron chi connectivity index (χ1n) is 9.24. The largest absolute Gasteiger partial charge is 0.326 e. The Hall–Kier alpha value is -4.08. The smallest absolute Gasteiger partial charge is 0.269 e. The fourth-order valence-corrected chi connectivity index (χ4v) is 3.54. The number of nitrogens with zero attached hydrogens (tertiary/aromatic N) is 5. The minimum absolute atomic E-state index is 0.0355. The van der Waals surface area contributed by atoms with Crippen molar-refractivity contribution in [3.63, 3.8) is 0 Å². The lowest BCUT2D eigenvalue weighted by atomic mass is 9.94. The first-order chi connectivity index (χ1) is 14.3. The Kier molecular flexibility index (Phi) is 4.74. The molecule has 0 aliphatic carbocycles. The summed E-state index contributed by atoms with van der Waals surface area (Å²) in [6.07, 6.45) is 0. The zero-order valence-corrected chi connectivity index (χ0v) is 16.6. The predicted octanol–water partition coefficient (Wildman–Crippen LogP) is 3.13. The van der Waals surface area contributed by atoms with Crippen molar-refractivity contribution in [3.05, 3.63) is 80.5 Å².